The number of carbonyl (C=O) groups excluding carboxylic acids is 1. The molecule has 0 aliphatic carbocycles. The van der Waals surface area contributed by atoms with Crippen molar-refractivity contribution in [2.45, 2.75) is 18.9 Å². The predicted octanol–water partition coefficient (Wildman–Crippen LogP) is 3.08. The Bertz CT molecular complexity index is 1150. The van der Waals surface area contributed by atoms with E-state index in [1.807, 2.05) is 0 Å². The summed E-state index contributed by atoms with van der Waals surface area (Å²) in [5.74, 6) is -6.24. The van der Waals surface area contributed by atoms with Crippen LogP contribution >= 0.6 is 0 Å². The van der Waals surface area contributed by atoms with Gasteiger partial charge in [-0.15, -0.1) is 0 Å². The van der Waals surface area contributed by atoms with E-state index in [-0.39, 0.29) is 23.5 Å². The Morgan fingerprint density at radius 3 is 2.53 bits per heavy atom. The fraction of sp³-hybridized carbons (Fsp3) is 0.190. The summed E-state index contributed by atoms with van der Waals surface area (Å²) in [5.41, 5.74) is -0.865. The van der Waals surface area contributed by atoms with Crippen LogP contribution in [0.25, 0.3) is 0 Å². The van der Waals surface area contributed by atoms with Crippen molar-refractivity contribution >= 4 is 11.7 Å². The highest BCUT2D eigenvalue weighted by molar-refractivity contribution is 5.78. The van der Waals surface area contributed by atoms with Crippen LogP contribution in [-0.2, 0) is 23.7 Å². The van der Waals surface area contributed by atoms with Crippen molar-refractivity contribution in [1.82, 2.24) is 20.3 Å². The molecule has 2 N–H and O–H groups in total. The zero-order chi connectivity index (χ0) is 23.1. The van der Waals surface area contributed by atoms with E-state index >= 15 is 0 Å². The van der Waals surface area contributed by atoms with Crippen LogP contribution in [0.4, 0.5) is 23.4 Å². The van der Waals surface area contributed by atoms with E-state index in [9.17, 15) is 27.6 Å². The number of nitrogens with zero attached hydrogens (tertiary/aromatic N) is 4. The molecule has 3 rings (SSSR count). The molecule has 32 heavy (non-hydrogen) atoms. The van der Waals surface area contributed by atoms with Crippen LogP contribution in [0.3, 0.4) is 0 Å². The number of aromatic nitrogens is 3. The molecule has 164 valence electrons. The van der Waals surface area contributed by atoms with Gasteiger partial charge in [0.15, 0.2) is 11.6 Å². The smallest absolute Gasteiger partial charge is 0.306 e. The molecule has 0 aliphatic heterocycles. The maximum Gasteiger partial charge on any atom is 0.306 e. The van der Waals surface area contributed by atoms with Gasteiger partial charge in [-0.25, -0.2) is 13.8 Å². The quantitative estimate of drug-likeness (QED) is 0.518. The highest BCUT2D eigenvalue weighted by Crippen LogP contribution is 2.27. The molecule has 0 aliphatic rings. The van der Waals surface area contributed by atoms with Crippen LogP contribution < -0.4 is 10.6 Å². The number of hydrogen-bond acceptors (Lipinski definition) is 6. The Morgan fingerprint density at radius 1 is 1.06 bits per heavy atom. The van der Waals surface area contributed by atoms with Crippen molar-refractivity contribution in [3.05, 3.63) is 83.1 Å². The molecule has 0 atom stereocenters. The Hall–Kier alpha value is -4.07. The first-order valence-electron chi connectivity index (χ1n) is 9.29. The minimum Gasteiger partial charge on any atom is -0.361 e. The molecule has 0 saturated heterocycles. The first-order chi connectivity index (χ1) is 15.3. The third-order valence-corrected chi connectivity index (χ3v) is 4.31. The molecule has 0 fully saturated rings. The summed E-state index contributed by atoms with van der Waals surface area (Å²) >= 11 is 0. The SMILES string of the molecule is N#Cc1cc(F)c(NCC(F)(F)c2ccccn2)nc1CC(=O)NCc1ncccc1F. The van der Waals surface area contributed by atoms with E-state index in [0.29, 0.717) is 0 Å². The van der Waals surface area contributed by atoms with Gasteiger partial charge in [0.05, 0.1) is 36.5 Å². The molecule has 0 unspecified atom stereocenters. The Morgan fingerprint density at radius 2 is 1.84 bits per heavy atom. The Balaban J connectivity index is 1.71. The number of nitrogens with one attached hydrogen (secondary N) is 2. The van der Waals surface area contributed by atoms with E-state index < -0.39 is 47.9 Å². The van der Waals surface area contributed by atoms with Gasteiger partial charge in [0, 0.05) is 12.4 Å². The van der Waals surface area contributed by atoms with E-state index in [1.165, 1.54) is 36.7 Å². The van der Waals surface area contributed by atoms with Gasteiger partial charge in [0.25, 0.3) is 0 Å². The van der Waals surface area contributed by atoms with Crippen LogP contribution in [0.5, 0.6) is 0 Å². The summed E-state index contributed by atoms with van der Waals surface area (Å²) in [7, 11) is 0. The molecular weight excluding hydrogens is 428 g/mol. The molecule has 0 bridgehead atoms. The average Bonchev–Trinajstić information content (AvgIpc) is 2.79. The van der Waals surface area contributed by atoms with Gasteiger partial charge < -0.3 is 10.6 Å². The normalized spacial score (nSPS) is 11.0. The largest absolute Gasteiger partial charge is 0.361 e. The van der Waals surface area contributed by atoms with Gasteiger partial charge in [-0.05, 0) is 30.3 Å². The molecule has 11 heteroatoms. The highest BCUT2D eigenvalue weighted by Gasteiger charge is 2.33. The van der Waals surface area contributed by atoms with Crippen LogP contribution in [0.15, 0.2) is 48.8 Å². The summed E-state index contributed by atoms with van der Waals surface area (Å²) in [6.45, 7) is -1.22. The second-order valence-corrected chi connectivity index (χ2v) is 6.58. The molecule has 3 heterocycles. The summed E-state index contributed by atoms with van der Waals surface area (Å²) in [5, 5.41) is 13.8. The molecule has 0 saturated carbocycles. The molecule has 7 nitrogen and oxygen atoms in total. The maximum absolute atomic E-state index is 14.3. The van der Waals surface area contributed by atoms with Gasteiger partial charge in [0.2, 0.25) is 5.91 Å². The molecule has 0 radical (unpaired) electrons. The molecule has 0 spiro atoms. The monoisotopic (exact) mass is 444 g/mol. The lowest BCUT2D eigenvalue weighted by atomic mass is 10.1. The topological polar surface area (TPSA) is 104 Å². The second-order valence-electron chi connectivity index (χ2n) is 6.58. The highest BCUT2D eigenvalue weighted by atomic mass is 19.3. The Kier molecular flexibility index (Phi) is 6.94. The summed E-state index contributed by atoms with van der Waals surface area (Å²) in [6.07, 6.45) is 2.11. The maximum atomic E-state index is 14.3. The molecule has 3 aromatic rings. The predicted molar refractivity (Wildman–Crippen MR) is 105 cm³/mol. The standard InChI is InChI=1S/C21H16F4N6O/c22-14-4-3-7-27-17(14)11-29-19(32)9-16-13(10-26)8-15(23)20(31-16)30-12-21(24,25)18-5-1-2-6-28-18/h1-8H,9,11-12H2,(H,29,32)(H,30,31). The van der Waals surface area contributed by atoms with Crippen molar-refractivity contribution < 1.29 is 22.4 Å². The lowest BCUT2D eigenvalue weighted by Crippen LogP contribution is -2.28. The van der Waals surface area contributed by atoms with Crippen molar-refractivity contribution in [1.29, 1.82) is 5.26 Å². The number of hydrogen-bond donors (Lipinski definition) is 2. The van der Waals surface area contributed by atoms with Crippen molar-refractivity contribution in [3.63, 3.8) is 0 Å². The molecular formula is C21H16F4N6O. The van der Waals surface area contributed by atoms with Crippen LogP contribution in [0, 0.1) is 23.0 Å². The Labute approximate surface area is 180 Å². The third-order valence-electron chi connectivity index (χ3n) is 4.31. The number of anilines is 1. The average molecular weight is 444 g/mol. The lowest BCUT2D eigenvalue weighted by Gasteiger charge is -2.17. The van der Waals surface area contributed by atoms with Gasteiger partial charge in [-0.1, -0.05) is 6.07 Å². The molecule has 3 aromatic heterocycles. The second kappa shape index (κ2) is 9.82. The van der Waals surface area contributed by atoms with E-state index in [1.54, 1.807) is 6.07 Å². The van der Waals surface area contributed by atoms with Crippen LogP contribution in [0.1, 0.15) is 22.6 Å². The lowest BCUT2D eigenvalue weighted by molar-refractivity contribution is -0.120. The number of rotatable bonds is 8. The molecule has 0 aromatic carbocycles. The van der Waals surface area contributed by atoms with E-state index in [4.69, 9.17) is 0 Å². The summed E-state index contributed by atoms with van der Waals surface area (Å²) in [6, 6.07) is 9.09. The van der Waals surface area contributed by atoms with Gasteiger partial charge in [0.1, 0.15) is 17.6 Å². The minimum atomic E-state index is -3.42. The summed E-state index contributed by atoms with van der Waals surface area (Å²) < 4.78 is 56.5. The zero-order valence-corrected chi connectivity index (χ0v) is 16.4. The zero-order valence-electron chi connectivity index (χ0n) is 16.4. The van der Waals surface area contributed by atoms with Gasteiger partial charge in [-0.3, -0.25) is 14.8 Å². The van der Waals surface area contributed by atoms with E-state index in [0.717, 1.165) is 12.1 Å². The van der Waals surface area contributed by atoms with Crippen LogP contribution in [0.2, 0.25) is 0 Å². The fourth-order valence-electron chi connectivity index (χ4n) is 2.69. The minimum absolute atomic E-state index is 0.00697. The fourth-order valence-corrected chi connectivity index (χ4v) is 2.69. The summed E-state index contributed by atoms with van der Waals surface area (Å²) in [4.78, 5) is 23.4. The van der Waals surface area contributed by atoms with Crippen molar-refractivity contribution in [2.75, 3.05) is 11.9 Å². The van der Waals surface area contributed by atoms with Crippen LogP contribution in [-0.4, -0.2) is 27.4 Å². The van der Waals surface area contributed by atoms with Crippen molar-refractivity contribution in [2.24, 2.45) is 0 Å². The van der Waals surface area contributed by atoms with Gasteiger partial charge >= 0.3 is 5.92 Å². The number of halogens is 4. The number of carbonyl (C=O) groups is 1. The van der Waals surface area contributed by atoms with E-state index in [2.05, 4.69) is 25.6 Å². The number of amides is 1. The number of pyridine rings is 3. The van der Waals surface area contributed by atoms with Gasteiger partial charge in [-0.2, -0.15) is 14.0 Å². The molecule has 1 amide bonds. The number of alkyl halides is 2. The third kappa shape index (κ3) is 5.54. The first-order valence-corrected chi connectivity index (χ1v) is 9.29. The van der Waals surface area contributed by atoms with Crippen molar-refractivity contribution in [3.8, 4) is 6.07 Å². The number of nitriles is 1. The first kappa shape index (κ1) is 22.6.